The number of sulfonamides is 1. The van der Waals surface area contributed by atoms with Crippen LogP contribution in [0.25, 0.3) is 0 Å². The molecule has 19 heavy (non-hydrogen) atoms. The van der Waals surface area contributed by atoms with Gasteiger partial charge in [-0.05, 0) is 31.0 Å². The Morgan fingerprint density at radius 3 is 2.68 bits per heavy atom. The van der Waals surface area contributed by atoms with Crippen molar-refractivity contribution in [3.05, 3.63) is 22.4 Å². The van der Waals surface area contributed by atoms with E-state index in [0.29, 0.717) is 13.0 Å². The van der Waals surface area contributed by atoms with Gasteiger partial charge in [0.25, 0.3) is 0 Å². The topological polar surface area (TPSA) is 58.2 Å². The maximum Gasteiger partial charge on any atom is 0.211 e. The largest absolute Gasteiger partial charge is 0.317 e. The first kappa shape index (κ1) is 16.6. The van der Waals surface area contributed by atoms with Crippen LogP contribution in [0.5, 0.6) is 0 Å². The Kier molecular flexibility index (Phi) is 6.46. The Morgan fingerprint density at radius 2 is 2.11 bits per heavy atom. The quantitative estimate of drug-likeness (QED) is 0.686. The van der Waals surface area contributed by atoms with Crippen LogP contribution in [-0.4, -0.2) is 33.8 Å². The summed E-state index contributed by atoms with van der Waals surface area (Å²) in [5.74, 6) is 0.181. The van der Waals surface area contributed by atoms with Crippen LogP contribution in [0, 0.1) is 0 Å². The first-order chi connectivity index (χ1) is 8.87. The van der Waals surface area contributed by atoms with Gasteiger partial charge in [0, 0.05) is 16.8 Å². The Morgan fingerprint density at radius 1 is 1.37 bits per heavy atom. The summed E-state index contributed by atoms with van der Waals surface area (Å²) in [7, 11) is -3.17. The molecule has 4 nitrogen and oxygen atoms in total. The molecule has 0 fully saturated rings. The van der Waals surface area contributed by atoms with Crippen LogP contribution in [0.2, 0.25) is 0 Å². The molecule has 0 aliphatic heterocycles. The van der Waals surface area contributed by atoms with E-state index in [4.69, 9.17) is 0 Å². The van der Waals surface area contributed by atoms with Gasteiger partial charge in [-0.3, -0.25) is 0 Å². The van der Waals surface area contributed by atoms with Crippen molar-refractivity contribution in [1.82, 2.24) is 10.0 Å². The fourth-order valence-corrected chi connectivity index (χ4v) is 3.78. The highest BCUT2D eigenvalue weighted by Gasteiger charge is 2.23. The molecule has 1 aromatic heterocycles. The van der Waals surface area contributed by atoms with E-state index in [0.717, 1.165) is 13.1 Å². The lowest BCUT2D eigenvalue weighted by atomic mass is 9.92. The monoisotopic (exact) mass is 304 g/mol. The van der Waals surface area contributed by atoms with Gasteiger partial charge in [0.1, 0.15) is 0 Å². The molecule has 1 heterocycles. The molecular weight excluding hydrogens is 280 g/mol. The summed E-state index contributed by atoms with van der Waals surface area (Å²) in [6.45, 7) is 8.18. The van der Waals surface area contributed by atoms with Gasteiger partial charge in [-0.25, -0.2) is 13.1 Å². The molecule has 0 aliphatic rings. The molecule has 0 saturated carbocycles. The number of hydrogen-bond donors (Lipinski definition) is 2. The molecule has 1 aromatic rings. The third kappa shape index (κ3) is 6.03. The normalized spacial score (nSPS) is 12.8. The summed E-state index contributed by atoms with van der Waals surface area (Å²) >= 11 is 1.66. The fourth-order valence-electron chi connectivity index (χ4n) is 1.68. The zero-order chi connectivity index (χ0) is 14.4. The molecule has 0 aliphatic carbocycles. The Hall–Kier alpha value is -0.430. The van der Waals surface area contributed by atoms with Crippen molar-refractivity contribution in [3.63, 3.8) is 0 Å². The second kappa shape index (κ2) is 7.38. The first-order valence-corrected chi connectivity index (χ1v) is 9.12. The second-order valence-corrected chi connectivity index (χ2v) is 8.08. The van der Waals surface area contributed by atoms with Crippen LogP contribution in [0.1, 0.15) is 32.1 Å². The summed E-state index contributed by atoms with van der Waals surface area (Å²) in [5.41, 5.74) is -0.164. The van der Waals surface area contributed by atoms with E-state index < -0.39 is 10.0 Å². The third-order valence-corrected chi connectivity index (χ3v) is 5.58. The van der Waals surface area contributed by atoms with Crippen LogP contribution in [0.4, 0.5) is 0 Å². The van der Waals surface area contributed by atoms with Crippen molar-refractivity contribution >= 4 is 21.4 Å². The van der Waals surface area contributed by atoms with Gasteiger partial charge in [-0.1, -0.05) is 26.8 Å². The summed E-state index contributed by atoms with van der Waals surface area (Å²) < 4.78 is 26.5. The summed E-state index contributed by atoms with van der Waals surface area (Å²) in [4.78, 5) is 1.20. The minimum atomic E-state index is -3.17. The lowest BCUT2D eigenvalue weighted by Crippen LogP contribution is -2.37. The van der Waals surface area contributed by atoms with E-state index in [1.54, 1.807) is 11.3 Å². The van der Waals surface area contributed by atoms with E-state index in [-0.39, 0.29) is 11.2 Å². The molecule has 0 radical (unpaired) electrons. The van der Waals surface area contributed by atoms with Crippen molar-refractivity contribution in [2.75, 3.05) is 25.4 Å². The molecule has 110 valence electrons. The Labute approximate surface area is 120 Å². The fraction of sp³-hybridized carbons (Fsp3) is 0.692. The lowest BCUT2D eigenvalue weighted by Gasteiger charge is -2.23. The number of rotatable bonds is 9. The third-order valence-electron chi connectivity index (χ3n) is 2.94. The van der Waals surface area contributed by atoms with Crippen molar-refractivity contribution in [3.8, 4) is 0 Å². The highest BCUT2D eigenvalue weighted by atomic mass is 32.2. The van der Waals surface area contributed by atoms with E-state index in [1.807, 2.05) is 24.4 Å². The molecule has 0 bridgehead atoms. The molecule has 0 amide bonds. The van der Waals surface area contributed by atoms with Gasteiger partial charge < -0.3 is 5.32 Å². The standard InChI is InChI=1S/C13H24N2O2S2/c1-4-14-8-6-10-19(16,17)15-11-13(2,3)12-7-5-9-18-12/h5,7,9,14-15H,4,6,8,10-11H2,1-3H3. The highest BCUT2D eigenvalue weighted by molar-refractivity contribution is 7.89. The minimum absolute atomic E-state index is 0.164. The minimum Gasteiger partial charge on any atom is -0.317 e. The maximum absolute atomic E-state index is 11.9. The van der Waals surface area contributed by atoms with Gasteiger partial charge in [0.05, 0.1) is 5.75 Å². The van der Waals surface area contributed by atoms with Gasteiger partial charge in [0.2, 0.25) is 10.0 Å². The molecular formula is C13H24N2O2S2. The van der Waals surface area contributed by atoms with Crippen molar-refractivity contribution in [2.45, 2.75) is 32.6 Å². The average Bonchev–Trinajstić information content (AvgIpc) is 2.87. The van der Waals surface area contributed by atoms with Crippen LogP contribution >= 0.6 is 11.3 Å². The zero-order valence-corrected chi connectivity index (χ0v) is 13.5. The molecule has 0 saturated heterocycles. The predicted octanol–water partition coefficient (Wildman–Crippen LogP) is 1.94. The Balaban J connectivity index is 2.42. The van der Waals surface area contributed by atoms with Crippen molar-refractivity contribution in [2.24, 2.45) is 0 Å². The number of thiophene rings is 1. The number of nitrogens with one attached hydrogen (secondary N) is 2. The molecule has 0 aromatic carbocycles. The molecule has 0 atom stereocenters. The lowest BCUT2D eigenvalue weighted by molar-refractivity contribution is 0.508. The molecule has 2 N–H and O–H groups in total. The van der Waals surface area contributed by atoms with Crippen LogP contribution in [-0.2, 0) is 15.4 Å². The van der Waals surface area contributed by atoms with Crippen molar-refractivity contribution in [1.29, 1.82) is 0 Å². The van der Waals surface area contributed by atoms with Gasteiger partial charge in [-0.2, -0.15) is 0 Å². The van der Waals surface area contributed by atoms with E-state index >= 15 is 0 Å². The average molecular weight is 304 g/mol. The van der Waals surface area contributed by atoms with Gasteiger partial charge in [0.15, 0.2) is 0 Å². The van der Waals surface area contributed by atoms with E-state index in [1.165, 1.54) is 4.88 Å². The number of hydrogen-bond acceptors (Lipinski definition) is 4. The zero-order valence-electron chi connectivity index (χ0n) is 11.9. The smallest absolute Gasteiger partial charge is 0.211 e. The SMILES string of the molecule is CCNCCCS(=O)(=O)NCC(C)(C)c1cccs1. The van der Waals surface area contributed by atoms with Gasteiger partial charge >= 0.3 is 0 Å². The Bertz CT molecular complexity index is 453. The summed E-state index contributed by atoms with van der Waals surface area (Å²) in [5, 5.41) is 5.14. The molecule has 0 unspecified atom stereocenters. The van der Waals surface area contributed by atoms with E-state index in [9.17, 15) is 8.42 Å². The second-order valence-electron chi connectivity index (χ2n) is 5.21. The predicted molar refractivity (Wildman–Crippen MR) is 82.3 cm³/mol. The molecule has 0 spiro atoms. The molecule has 6 heteroatoms. The van der Waals surface area contributed by atoms with Crippen LogP contribution < -0.4 is 10.0 Å². The van der Waals surface area contributed by atoms with E-state index in [2.05, 4.69) is 23.9 Å². The van der Waals surface area contributed by atoms with Gasteiger partial charge in [-0.15, -0.1) is 11.3 Å². The molecule has 1 rings (SSSR count). The van der Waals surface area contributed by atoms with Crippen molar-refractivity contribution < 1.29 is 8.42 Å². The van der Waals surface area contributed by atoms with Crippen LogP contribution in [0.3, 0.4) is 0 Å². The summed E-state index contributed by atoms with van der Waals surface area (Å²) in [6.07, 6.45) is 0.641. The highest BCUT2D eigenvalue weighted by Crippen LogP contribution is 2.26. The maximum atomic E-state index is 11.9. The van der Waals surface area contributed by atoms with Crippen LogP contribution in [0.15, 0.2) is 17.5 Å². The first-order valence-electron chi connectivity index (χ1n) is 6.59. The summed E-state index contributed by atoms with van der Waals surface area (Å²) in [6, 6.07) is 4.04.